The maximum Gasteiger partial charge on any atom is 0.0361 e. The van der Waals surface area contributed by atoms with Gasteiger partial charge in [0.25, 0.3) is 0 Å². The van der Waals surface area contributed by atoms with E-state index in [0.29, 0.717) is 5.41 Å². The van der Waals surface area contributed by atoms with Crippen molar-refractivity contribution < 1.29 is 0 Å². The number of allylic oxidation sites excluding steroid dienone is 6. The molecule has 1 unspecified atom stereocenters. The first-order valence-corrected chi connectivity index (χ1v) is 3.03. The van der Waals surface area contributed by atoms with Gasteiger partial charge in [-0.05, 0) is 17.6 Å². The summed E-state index contributed by atoms with van der Waals surface area (Å²) in [5, 5.41) is 0. The van der Waals surface area contributed by atoms with Crippen molar-refractivity contribution >= 4 is 0 Å². The van der Waals surface area contributed by atoms with Crippen LogP contribution < -0.4 is 0 Å². The van der Waals surface area contributed by atoms with Crippen LogP contribution >= 0.6 is 0 Å². The molecule has 0 saturated heterocycles. The molecule has 0 amide bonds. The molecule has 0 aromatic carbocycles. The van der Waals surface area contributed by atoms with E-state index >= 15 is 0 Å². The molecule has 0 heteroatoms. The molecule has 2 bridgehead atoms. The van der Waals surface area contributed by atoms with Gasteiger partial charge in [0.15, 0.2) is 0 Å². The number of fused-ring (bicyclic) bond motifs is 1. The second-order valence-electron chi connectivity index (χ2n) is 2.83. The highest BCUT2D eigenvalue weighted by Gasteiger charge is 2.53. The van der Waals surface area contributed by atoms with Crippen LogP contribution in [0.2, 0.25) is 0 Å². The summed E-state index contributed by atoms with van der Waals surface area (Å²) in [5.41, 5.74) is 3.72. The summed E-state index contributed by atoms with van der Waals surface area (Å²) >= 11 is 0. The molecular weight excluding hydrogens is 96.1 g/mol. The van der Waals surface area contributed by atoms with Crippen molar-refractivity contribution in [3.8, 4) is 0 Å². The van der Waals surface area contributed by atoms with Crippen LogP contribution in [-0.4, -0.2) is 0 Å². The van der Waals surface area contributed by atoms with Gasteiger partial charge in [-0.3, -0.25) is 0 Å². The summed E-state index contributed by atoms with van der Waals surface area (Å²) < 4.78 is 0. The van der Waals surface area contributed by atoms with E-state index in [1.807, 2.05) is 0 Å². The average molecular weight is 102 g/mol. The summed E-state index contributed by atoms with van der Waals surface area (Å²) in [4.78, 5) is 0. The van der Waals surface area contributed by atoms with E-state index in [1.54, 1.807) is 11.1 Å². The minimum absolute atomic E-state index is 0.532. The molecule has 1 saturated carbocycles. The lowest BCUT2D eigenvalue weighted by Crippen LogP contribution is -2.16. The van der Waals surface area contributed by atoms with Gasteiger partial charge >= 0.3 is 0 Å². The van der Waals surface area contributed by atoms with Crippen LogP contribution in [0.3, 0.4) is 0 Å². The SMILES string of the molecule is C1=CC23C=C2C(=C1)C3. The van der Waals surface area contributed by atoms with Crippen LogP contribution in [0, 0.1) is 5.41 Å². The summed E-state index contributed by atoms with van der Waals surface area (Å²) in [6, 6.07) is 0. The monoisotopic (exact) mass is 102 g/mol. The molecule has 0 nitrogen and oxygen atoms in total. The van der Waals surface area contributed by atoms with Crippen molar-refractivity contribution in [3.05, 3.63) is 35.5 Å². The maximum atomic E-state index is 2.36. The molecule has 4 aliphatic carbocycles. The Morgan fingerprint density at radius 2 is 2.50 bits per heavy atom. The van der Waals surface area contributed by atoms with Gasteiger partial charge in [-0.2, -0.15) is 0 Å². The summed E-state index contributed by atoms with van der Waals surface area (Å²) in [6.45, 7) is 0. The van der Waals surface area contributed by atoms with Crippen molar-refractivity contribution in [2.75, 3.05) is 0 Å². The average Bonchev–Trinajstić information content (AvgIpc) is 2.40. The smallest absolute Gasteiger partial charge is 0.0361 e. The lowest BCUT2D eigenvalue weighted by atomic mass is 9.74. The quantitative estimate of drug-likeness (QED) is 0.437. The molecule has 0 N–H and O–H groups in total. The van der Waals surface area contributed by atoms with Gasteiger partial charge < -0.3 is 0 Å². The second kappa shape index (κ2) is 0.644. The van der Waals surface area contributed by atoms with Crippen LogP contribution in [0.25, 0.3) is 0 Å². The van der Waals surface area contributed by atoms with Gasteiger partial charge in [0.05, 0.1) is 0 Å². The van der Waals surface area contributed by atoms with E-state index in [2.05, 4.69) is 24.3 Å². The molecule has 1 spiro atoms. The zero-order chi connectivity index (χ0) is 5.19. The van der Waals surface area contributed by atoms with E-state index in [9.17, 15) is 0 Å². The van der Waals surface area contributed by atoms with Crippen molar-refractivity contribution in [1.29, 1.82) is 0 Å². The normalized spacial score (nSPS) is 44.0. The molecule has 0 aromatic heterocycles. The minimum atomic E-state index is 0.532. The Morgan fingerprint density at radius 1 is 1.50 bits per heavy atom. The van der Waals surface area contributed by atoms with Crippen LogP contribution in [0.4, 0.5) is 0 Å². The molecule has 0 heterocycles. The molecule has 4 aliphatic rings. The van der Waals surface area contributed by atoms with Crippen LogP contribution in [0.5, 0.6) is 0 Å². The Kier molecular flexibility index (Phi) is 0.265. The zero-order valence-corrected chi connectivity index (χ0v) is 4.52. The molecule has 1 atom stereocenters. The number of hydrogen-bond acceptors (Lipinski definition) is 0. The van der Waals surface area contributed by atoms with Crippen molar-refractivity contribution in [3.63, 3.8) is 0 Å². The maximum absolute atomic E-state index is 2.36. The van der Waals surface area contributed by atoms with E-state index in [4.69, 9.17) is 0 Å². The first-order chi connectivity index (χ1) is 3.91. The highest BCUT2D eigenvalue weighted by molar-refractivity contribution is 5.70. The largest absolute Gasteiger partial charge is 0.0698 e. The summed E-state index contributed by atoms with van der Waals surface area (Å²) in [5.74, 6) is 0. The Morgan fingerprint density at radius 3 is 3.00 bits per heavy atom. The Bertz CT molecular complexity index is 253. The highest BCUT2D eigenvalue weighted by atomic mass is 14.6. The fourth-order valence-corrected chi connectivity index (χ4v) is 1.74. The molecule has 38 valence electrons. The minimum Gasteiger partial charge on any atom is -0.0698 e. The molecule has 0 aromatic rings. The van der Waals surface area contributed by atoms with E-state index < -0.39 is 0 Å². The van der Waals surface area contributed by atoms with Crippen LogP contribution in [0.1, 0.15) is 6.42 Å². The fraction of sp³-hybridized carbons (Fsp3) is 0.250. The van der Waals surface area contributed by atoms with Gasteiger partial charge in [-0.1, -0.05) is 24.3 Å². The Labute approximate surface area is 48.2 Å². The third-order valence-corrected chi connectivity index (χ3v) is 2.34. The first kappa shape index (κ1) is 3.29. The van der Waals surface area contributed by atoms with Gasteiger partial charge in [-0.15, -0.1) is 0 Å². The van der Waals surface area contributed by atoms with Gasteiger partial charge in [-0.25, -0.2) is 0 Å². The summed E-state index contributed by atoms with van der Waals surface area (Å²) in [6.07, 6.45) is 10.4. The molecule has 4 rings (SSSR count). The third-order valence-electron chi connectivity index (χ3n) is 2.34. The lowest BCUT2D eigenvalue weighted by Gasteiger charge is -2.29. The number of hydrogen-bond donors (Lipinski definition) is 0. The highest BCUT2D eigenvalue weighted by Crippen LogP contribution is 2.66. The van der Waals surface area contributed by atoms with Crippen LogP contribution in [0.15, 0.2) is 35.5 Å². The van der Waals surface area contributed by atoms with Gasteiger partial charge in [0.1, 0.15) is 0 Å². The standard InChI is InChI=1S/C8H6/c1-2-6-4-8(3-1)5-7(6)8/h1-3,5H,4H2. The van der Waals surface area contributed by atoms with Gasteiger partial charge in [0, 0.05) is 5.41 Å². The van der Waals surface area contributed by atoms with E-state index in [-0.39, 0.29) is 0 Å². The molecule has 0 radical (unpaired) electrons. The number of rotatable bonds is 0. The zero-order valence-electron chi connectivity index (χ0n) is 4.52. The third kappa shape index (κ3) is 0.158. The molecule has 0 aliphatic heterocycles. The van der Waals surface area contributed by atoms with E-state index in [0.717, 1.165) is 0 Å². The van der Waals surface area contributed by atoms with Crippen molar-refractivity contribution in [2.45, 2.75) is 6.42 Å². The topological polar surface area (TPSA) is 0 Å². The second-order valence-corrected chi connectivity index (χ2v) is 2.83. The Balaban J connectivity index is 2.35. The van der Waals surface area contributed by atoms with Crippen LogP contribution in [-0.2, 0) is 0 Å². The molecule has 8 heavy (non-hydrogen) atoms. The van der Waals surface area contributed by atoms with Gasteiger partial charge in [0.2, 0.25) is 0 Å². The predicted molar refractivity (Wildman–Crippen MR) is 32.4 cm³/mol. The Hall–Kier alpha value is -0.780. The molecule has 1 fully saturated rings. The summed E-state index contributed by atoms with van der Waals surface area (Å²) in [7, 11) is 0. The fourth-order valence-electron chi connectivity index (χ4n) is 1.74. The molecular formula is C8H6. The van der Waals surface area contributed by atoms with Crippen molar-refractivity contribution in [2.24, 2.45) is 5.41 Å². The van der Waals surface area contributed by atoms with Crippen molar-refractivity contribution in [1.82, 2.24) is 0 Å². The lowest BCUT2D eigenvalue weighted by molar-refractivity contribution is 0.607. The van der Waals surface area contributed by atoms with E-state index in [1.165, 1.54) is 6.42 Å². The first-order valence-electron chi connectivity index (χ1n) is 3.03. The predicted octanol–water partition coefficient (Wildman–Crippen LogP) is 1.81.